The van der Waals surface area contributed by atoms with Gasteiger partial charge in [0.25, 0.3) is 0 Å². The van der Waals surface area contributed by atoms with Crippen molar-refractivity contribution in [2.75, 3.05) is 19.8 Å². The molecule has 1 aromatic carbocycles. The fourth-order valence-electron chi connectivity index (χ4n) is 5.17. The molecule has 0 radical (unpaired) electrons. The van der Waals surface area contributed by atoms with Gasteiger partial charge >= 0.3 is 13.7 Å². The van der Waals surface area contributed by atoms with Crippen LogP contribution in [0.15, 0.2) is 43.0 Å². The number of aromatic nitrogens is 4. The summed E-state index contributed by atoms with van der Waals surface area (Å²) >= 11 is 0. The molecule has 1 fully saturated rings. The monoisotopic (exact) mass is 633 g/mol. The van der Waals surface area contributed by atoms with E-state index < -0.39 is 50.4 Å². The van der Waals surface area contributed by atoms with Gasteiger partial charge in [-0.25, -0.2) is 14.5 Å². The van der Waals surface area contributed by atoms with Crippen LogP contribution < -0.4 is 14.3 Å². The summed E-state index contributed by atoms with van der Waals surface area (Å²) in [7, 11) is -4.26. The van der Waals surface area contributed by atoms with Gasteiger partial charge in [-0.3, -0.25) is 13.9 Å². The molecule has 2 aromatic heterocycles. The number of nitrogens with one attached hydrogen (secondary N) is 1. The highest BCUT2D eigenvalue weighted by Crippen LogP contribution is 2.47. The molecule has 0 amide bonds. The summed E-state index contributed by atoms with van der Waals surface area (Å²) < 4.78 is 44.5. The van der Waals surface area contributed by atoms with Crippen LogP contribution in [-0.2, 0) is 23.4 Å². The molecule has 15 heteroatoms. The highest BCUT2D eigenvalue weighted by molar-refractivity contribution is 7.52. The minimum atomic E-state index is -4.26. The maximum atomic E-state index is 14.0. The fraction of sp³-hybridized carbons (Fsp3) is 0.586. The Hall–Kier alpha value is -3.13. The SMILES string of the molecule is C[C@H]1NP(=O)(Oc2ccccc2)OC[C@H]2O[C@@H](n3cnc4c(ncnc43)OCCCCCC(C)(C)COC1=O)[C@](C)(O)[C@@H]2O. The lowest BCUT2D eigenvalue weighted by molar-refractivity contribution is -0.148. The molecule has 2 aliphatic rings. The molecule has 2 aliphatic heterocycles. The van der Waals surface area contributed by atoms with Crippen molar-refractivity contribution in [1.82, 2.24) is 24.6 Å². The Kier molecular flexibility index (Phi) is 9.59. The van der Waals surface area contributed by atoms with E-state index in [1.165, 1.54) is 31.1 Å². The molecule has 44 heavy (non-hydrogen) atoms. The van der Waals surface area contributed by atoms with E-state index in [4.69, 9.17) is 23.3 Å². The van der Waals surface area contributed by atoms with Crippen molar-refractivity contribution < 1.29 is 42.8 Å². The summed E-state index contributed by atoms with van der Waals surface area (Å²) in [6.45, 7) is 7.06. The Balaban J connectivity index is 1.44. The number of hydrogen-bond donors (Lipinski definition) is 3. The number of carbonyl (C=O) groups excluding carboxylic acids is 1. The third-order valence-corrected chi connectivity index (χ3v) is 9.40. The molecule has 1 unspecified atom stereocenters. The van der Waals surface area contributed by atoms with E-state index in [1.807, 2.05) is 13.8 Å². The Bertz CT molecular complexity index is 1480. The number of aliphatic hydroxyl groups excluding tert-OH is 1. The second kappa shape index (κ2) is 13.1. The quantitative estimate of drug-likeness (QED) is 0.276. The molecule has 14 nitrogen and oxygen atoms in total. The maximum absolute atomic E-state index is 14.0. The predicted molar refractivity (Wildman–Crippen MR) is 158 cm³/mol. The van der Waals surface area contributed by atoms with Gasteiger partial charge in [0.2, 0.25) is 5.88 Å². The number of ether oxygens (including phenoxy) is 3. The van der Waals surface area contributed by atoms with Crippen LogP contribution in [0.5, 0.6) is 11.6 Å². The Labute approximate surface area is 255 Å². The number of para-hydroxylation sites is 1. The van der Waals surface area contributed by atoms with Crippen LogP contribution in [0.4, 0.5) is 0 Å². The topological polar surface area (TPSA) is 176 Å². The molecule has 1 saturated heterocycles. The van der Waals surface area contributed by atoms with Crippen LogP contribution in [0.2, 0.25) is 0 Å². The first-order valence-corrected chi connectivity index (χ1v) is 16.2. The molecule has 5 rings (SSSR count). The number of carbonyl (C=O) groups is 1. The predicted octanol–water partition coefficient (Wildman–Crippen LogP) is 3.54. The zero-order chi connectivity index (χ0) is 31.5. The second-order valence-corrected chi connectivity index (χ2v) is 13.9. The number of hydrogen-bond acceptors (Lipinski definition) is 12. The third kappa shape index (κ3) is 7.22. The van der Waals surface area contributed by atoms with Crippen LogP contribution in [0.1, 0.15) is 59.6 Å². The summed E-state index contributed by atoms with van der Waals surface area (Å²) in [6, 6.07) is 7.26. The third-order valence-electron chi connectivity index (χ3n) is 7.76. The first-order chi connectivity index (χ1) is 20.9. The highest BCUT2D eigenvalue weighted by Gasteiger charge is 2.54. The molecular formula is C29H40N5O9P. The van der Waals surface area contributed by atoms with Crippen LogP contribution in [-0.4, -0.2) is 79.4 Å². The van der Waals surface area contributed by atoms with Gasteiger partial charge in [0.05, 0.1) is 26.1 Å². The fourth-order valence-corrected chi connectivity index (χ4v) is 6.67. The van der Waals surface area contributed by atoms with E-state index in [0.29, 0.717) is 23.7 Å². The average Bonchev–Trinajstić information content (AvgIpc) is 3.50. The van der Waals surface area contributed by atoms with Crippen LogP contribution in [0.3, 0.4) is 0 Å². The van der Waals surface area contributed by atoms with Gasteiger partial charge in [-0.2, -0.15) is 10.1 Å². The smallest absolute Gasteiger partial charge is 0.459 e. The van der Waals surface area contributed by atoms with Crippen molar-refractivity contribution in [1.29, 1.82) is 0 Å². The number of imidazole rings is 1. The minimum absolute atomic E-state index is 0.166. The molecular weight excluding hydrogens is 593 g/mol. The lowest BCUT2D eigenvalue weighted by Gasteiger charge is -2.27. The lowest BCUT2D eigenvalue weighted by atomic mass is 9.88. The van der Waals surface area contributed by atoms with Gasteiger partial charge in [-0.05, 0) is 44.2 Å². The van der Waals surface area contributed by atoms with Crippen molar-refractivity contribution in [3.63, 3.8) is 0 Å². The number of esters is 1. The van der Waals surface area contributed by atoms with Crippen molar-refractivity contribution in [2.45, 2.75) is 83.5 Å². The highest BCUT2D eigenvalue weighted by atomic mass is 31.2. The molecule has 6 bridgehead atoms. The largest absolute Gasteiger partial charge is 0.476 e. The van der Waals surface area contributed by atoms with E-state index in [1.54, 1.807) is 30.3 Å². The van der Waals surface area contributed by atoms with Gasteiger partial charge in [0, 0.05) is 0 Å². The van der Waals surface area contributed by atoms with Crippen LogP contribution in [0, 0.1) is 5.41 Å². The van der Waals surface area contributed by atoms with Crippen LogP contribution >= 0.6 is 7.75 Å². The molecule has 0 spiro atoms. The number of nitrogens with zero attached hydrogens (tertiary/aromatic N) is 4. The minimum Gasteiger partial charge on any atom is -0.476 e. The summed E-state index contributed by atoms with van der Waals surface area (Å²) in [5.74, 6) is -0.105. The molecule has 0 aliphatic carbocycles. The summed E-state index contributed by atoms with van der Waals surface area (Å²) in [4.78, 5) is 25.9. The number of rotatable bonds is 2. The van der Waals surface area contributed by atoms with Crippen molar-refractivity contribution in [3.05, 3.63) is 43.0 Å². The normalized spacial score (nSPS) is 32.3. The molecule has 6 atom stereocenters. The summed E-state index contributed by atoms with van der Waals surface area (Å²) in [5, 5.41) is 25.1. The maximum Gasteiger partial charge on any atom is 0.459 e. The zero-order valence-electron chi connectivity index (χ0n) is 25.3. The van der Waals surface area contributed by atoms with E-state index in [-0.39, 0.29) is 17.8 Å². The average molecular weight is 634 g/mol. The van der Waals surface area contributed by atoms with Gasteiger partial charge < -0.3 is 28.9 Å². The second-order valence-electron chi connectivity index (χ2n) is 12.2. The summed E-state index contributed by atoms with van der Waals surface area (Å²) in [6.07, 6.45) is 2.35. The zero-order valence-corrected chi connectivity index (χ0v) is 26.2. The molecule has 3 N–H and O–H groups in total. The first kappa shape index (κ1) is 32.3. The van der Waals surface area contributed by atoms with Gasteiger partial charge in [-0.15, -0.1) is 0 Å². The Morgan fingerprint density at radius 1 is 1.09 bits per heavy atom. The molecule has 3 aromatic rings. The lowest BCUT2D eigenvalue weighted by Crippen LogP contribution is -2.44. The number of benzene rings is 1. The number of aliphatic hydroxyl groups is 2. The van der Waals surface area contributed by atoms with E-state index >= 15 is 0 Å². The van der Waals surface area contributed by atoms with Crippen LogP contribution in [0.25, 0.3) is 11.2 Å². The number of cyclic esters (lactones) is 1. The van der Waals surface area contributed by atoms with Gasteiger partial charge in [0.1, 0.15) is 35.9 Å². The Morgan fingerprint density at radius 2 is 1.86 bits per heavy atom. The molecule has 4 heterocycles. The van der Waals surface area contributed by atoms with E-state index in [2.05, 4.69) is 20.0 Å². The number of fused-ring (bicyclic) bond motifs is 3. The van der Waals surface area contributed by atoms with Crippen molar-refractivity contribution >= 4 is 24.9 Å². The molecule has 240 valence electrons. The first-order valence-electron chi connectivity index (χ1n) is 14.7. The Morgan fingerprint density at radius 3 is 2.64 bits per heavy atom. The van der Waals surface area contributed by atoms with Gasteiger partial charge in [-0.1, -0.05) is 44.9 Å². The summed E-state index contributed by atoms with van der Waals surface area (Å²) in [5.41, 5.74) is -1.40. The van der Waals surface area contributed by atoms with Gasteiger partial charge in [0.15, 0.2) is 17.4 Å². The molecule has 0 saturated carbocycles. The standard InChI is InChI=1S/C29H40N5O9P/c1-19-26(36)40-16-28(2,3)13-9-6-10-14-39-25-22-24(30-17-31-25)34(18-32-22)27-29(4,37)23(35)21(42-27)15-41-44(38,33-19)43-20-11-7-5-8-12-20/h5,7-8,11-12,17-19,21,23,27,35,37H,6,9-10,13-16H2,1-4H3,(H,33,38)/t19-,21-,23-,27-,29-,44?/m1/s1. The van der Waals surface area contributed by atoms with Crippen molar-refractivity contribution in [3.8, 4) is 11.6 Å². The van der Waals surface area contributed by atoms with Crippen molar-refractivity contribution in [2.24, 2.45) is 5.41 Å². The van der Waals surface area contributed by atoms with E-state index in [9.17, 15) is 19.6 Å². The van der Waals surface area contributed by atoms with E-state index in [0.717, 1.165) is 25.7 Å².